The Labute approximate surface area is 241 Å². The van der Waals surface area contributed by atoms with E-state index in [1.807, 2.05) is 73.8 Å². The third kappa shape index (κ3) is 8.46. The van der Waals surface area contributed by atoms with E-state index >= 15 is 0 Å². The van der Waals surface area contributed by atoms with Gasteiger partial charge >= 0.3 is 0 Å². The number of imide groups is 1. The first-order chi connectivity index (χ1) is 19.4. The highest BCUT2D eigenvalue weighted by Gasteiger charge is 2.31. The molecular formula is C33H38N2O4S. The Morgan fingerprint density at radius 1 is 0.900 bits per heavy atom. The van der Waals surface area contributed by atoms with Gasteiger partial charge in [0.1, 0.15) is 12.4 Å². The van der Waals surface area contributed by atoms with Crippen molar-refractivity contribution in [3.63, 3.8) is 0 Å². The fourth-order valence-corrected chi connectivity index (χ4v) is 5.62. The molecule has 1 N–H and O–H groups in total. The van der Waals surface area contributed by atoms with Gasteiger partial charge in [0.15, 0.2) is 0 Å². The summed E-state index contributed by atoms with van der Waals surface area (Å²) in [6, 6.07) is 24.2. The van der Waals surface area contributed by atoms with Crippen molar-refractivity contribution in [2.24, 2.45) is 0 Å². The average Bonchev–Trinajstić information content (AvgIpc) is 3.28. The van der Waals surface area contributed by atoms with Crippen LogP contribution in [0.15, 0.2) is 72.8 Å². The van der Waals surface area contributed by atoms with Gasteiger partial charge in [-0.05, 0) is 47.2 Å². The van der Waals surface area contributed by atoms with Gasteiger partial charge < -0.3 is 9.64 Å². The first-order valence-corrected chi connectivity index (χ1v) is 15.0. The van der Waals surface area contributed by atoms with Crippen molar-refractivity contribution in [3.8, 4) is 16.9 Å². The molecule has 40 heavy (non-hydrogen) atoms. The molecule has 0 saturated carbocycles. The zero-order valence-electron chi connectivity index (χ0n) is 23.4. The van der Waals surface area contributed by atoms with Gasteiger partial charge in [-0.1, -0.05) is 105 Å². The monoisotopic (exact) mass is 558 g/mol. The molecule has 1 aliphatic rings. The maximum Gasteiger partial charge on any atom is 0.286 e. The van der Waals surface area contributed by atoms with Crippen LogP contribution in [0, 0.1) is 0 Å². The molecule has 4 rings (SSSR count). The number of rotatable bonds is 14. The summed E-state index contributed by atoms with van der Waals surface area (Å²) in [5.74, 6) is 0.698. The zero-order valence-corrected chi connectivity index (χ0v) is 24.2. The summed E-state index contributed by atoms with van der Waals surface area (Å²) in [5.41, 5.74) is 5.03. The number of carbonyl (C=O) groups excluding carboxylic acids is 3. The second-order valence-electron chi connectivity index (χ2n) is 10.3. The van der Waals surface area contributed by atoms with Crippen LogP contribution in [-0.4, -0.2) is 34.3 Å². The fraction of sp³-hybridized carbons (Fsp3) is 0.364. The molecule has 3 amide bonds. The van der Waals surface area contributed by atoms with Gasteiger partial charge in [-0.3, -0.25) is 19.7 Å². The first-order valence-electron chi connectivity index (χ1n) is 14.1. The van der Waals surface area contributed by atoms with Gasteiger partial charge in [0, 0.05) is 25.6 Å². The maximum atomic E-state index is 12.7. The number of benzene rings is 3. The Balaban J connectivity index is 1.48. The molecule has 1 fully saturated rings. The van der Waals surface area contributed by atoms with Crippen LogP contribution < -0.4 is 10.1 Å². The van der Waals surface area contributed by atoms with Crippen molar-refractivity contribution in [2.75, 3.05) is 7.05 Å². The van der Waals surface area contributed by atoms with Gasteiger partial charge in [-0.2, -0.15) is 0 Å². The summed E-state index contributed by atoms with van der Waals surface area (Å²) in [6.45, 7) is 3.17. The highest BCUT2D eigenvalue weighted by atomic mass is 32.2. The van der Waals surface area contributed by atoms with E-state index in [1.165, 1.54) is 19.3 Å². The van der Waals surface area contributed by atoms with Crippen LogP contribution in [0.25, 0.3) is 11.1 Å². The molecule has 210 valence electrons. The molecule has 3 aromatic carbocycles. The predicted molar refractivity (Wildman–Crippen MR) is 161 cm³/mol. The molecule has 1 heterocycles. The van der Waals surface area contributed by atoms with E-state index in [0.29, 0.717) is 26.0 Å². The fourth-order valence-electron chi connectivity index (χ4n) is 4.76. The number of hydrogen-bond acceptors (Lipinski definition) is 5. The Morgan fingerprint density at radius 2 is 1.62 bits per heavy atom. The number of hydrogen-bond donors (Lipinski definition) is 1. The molecule has 0 aromatic heterocycles. The normalized spacial score (nSPS) is 14.7. The van der Waals surface area contributed by atoms with Crippen LogP contribution in [-0.2, 0) is 29.2 Å². The van der Waals surface area contributed by atoms with Gasteiger partial charge in [-0.25, -0.2) is 0 Å². The minimum atomic E-state index is -0.397. The third-order valence-corrected chi connectivity index (χ3v) is 8.06. The Hall–Kier alpha value is -3.58. The molecule has 6 nitrogen and oxygen atoms in total. The topological polar surface area (TPSA) is 75.7 Å². The van der Waals surface area contributed by atoms with Crippen LogP contribution in [0.5, 0.6) is 5.75 Å². The largest absolute Gasteiger partial charge is 0.488 e. The molecule has 1 unspecified atom stereocenters. The Morgan fingerprint density at radius 3 is 2.33 bits per heavy atom. The zero-order chi connectivity index (χ0) is 28.3. The minimum absolute atomic E-state index is 0.166. The summed E-state index contributed by atoms with van der Waals surface area (Å²) >= 11 is 1.04. The van der Waals surface area contributed by atoms with Gasteiger partial charge in [0.2, 0.25) is 11.8 Å². The average molecular weight is 559 g/mol. The number of nitrogens with one attached hydrogen (secondary N) is 1. The van der Waals surface area contributed by atoms with Crippen LogP contribution in [0.3, 0.4) is 0 Å². The van der Waals surface area contributed by atoms with E-state index in [4.69, 9.17) is 4.74 Å². The molecule has 0 spiro atoms. The van der Waals surface area contributed by atoms with E-state index in [9.17, 15) is 14.4 Å². The predicted octanol–water partition coefficient (Wildman–Crippen LogP) is 7.15. The first kappa shape index (κ1) is 29.4. The quantitative estimate of drug-likeness (QED) is 0.213. The van der Waals surface area contributed by atoms with E-state index in [-0.39, 0.29) is 17.1 Å². The van der Waals surface area contributed by atoms with E-state index < -0.39 is 5.25 Å². The SMILES string of the molecule is CCCCCCCC(=O)N(C)Cc1ccc(OCc2ccccc2)c(-c2ccc(CC3SC(=O)NC3=O)cc2)c1. The molecule has 1 aliphatic heterocycles. The molecule has 0 aliphatic carbocycles. The number of thioether (sulfide) groups is 1. The molecular weight excluding hydrogens is 520 g/mol. The van der Waals surface area contributed by atoms with Crippen molar-refractivity contribution in [1.29, 1.82) is 0 Å². The molecule has 0 radical (unpaired) electrons. The lowest BCUT2D eigenvalue weighted by atomic mass is 9.99. The second kappa shape index (κ2) is 14.7. The Bertz CT molecular complexity index is 1290. The van der Waals surface area contributed by atoms with Crippen LogP contribution in [0.2, 0.25) is 0 Å². The lowest BCUT2D eigenvalue weighted by molar-refractivity contribution is -0.130. The molecule has 3 aromatic rings. The van der Waals surface area contributed by atoms with E-state index in [0.717, 1.165) is 58.2 Å². The van der Waals surface area contributed by atoms with Crippen LogP contribution in [0.4, 0.5) is 4.79 Å². The number of unbranched alkanes of at least 4 members (excludes halogenated alkanes) is 4. The summed E-state index contributed by atoms with van der Waals surface area (Å²) in [5, 5.41) is 1.66. The van der Waals surface area contributed by atoms with Crippen molar-refractivity contribution < 1.29 is 19.1 Å². The lowest BCUT2D eigenvalue weighted by Crippen LogP contribution is -2.25. The standard InChI is InChI=1S/C33H38N2O4S/c1-3-4-5-6-10-13-31(36)35(2)22-26-16-19-29(39-23-25-11-8-7-9-12-25)28(20-26)27-17-14-24(15-18-27)21-30-32(37)34-33(38)40-30/h7-9,11-12,14-20,30H,3-6,10,13,21-23H2,1-2H3,(H,34,37,38). The number of nitrogens with zero attached hydrogens (tertiary/aromatic N) is 1. The van der Waals surface area contributed by atoms with Gasteiger partial charge in [0.25, 0.3) is 5.24 Å². The highest BCUT2D eigenvalue weighted by Crippen LogP contribution is 2.33. The van der Waals surface area contributed by atoms with Crippen molar-refractivity contribution in [1.82, 2.24) is 10.2 Å². The number of amides is 3. The lowest BCUT2D eigenvalue weighted by Gasteiger charge is -2.19. The molecule has 7 heteroatoms. The molecule has 0 bridgehead atoms. The van der Waals surface area contributed by atoms with Crippen molar-refractivity contribution in [2.45, 2.75) is 70.3 Å². The number of carbonyl (C=O) groups is 3. The van der Waals surface area contributed by atoms with Gasteiger partial charge in [-0.15, -0.1) is 0 Å². The smallest absolute Gasteiger partial charge is 0.286 e. The summed E-state index contributed by atoms with van der Waals surface area (Å²) in [6.07, 6.45) is 6.71. The number of ether oxygens (including phenoxy) is 1. The highest BCUT2D eigenvalue weighted by molar-refractivity contribution is 8.15. The van der Waals surface area contributed by atoms with E-state index in [2.05, 4.69) is 18.3 Å². The third-order valence-electron chi connectivity index (χ3n) is 7.07. The molecule has 1 atom stereocenters. The van der Waals surface area contributed by atoms with Crippen LogP contribution in [0.1, 0.15) is 62.1 Å². The van der Waals surface area contributed by atoms with Crippen LogP contribution >= 0.6 is 11.8 Å². The maximum absolute atomic E-state index is 12.7. The van der Waals surface area contributed by atoms with E-state index in [1.54, 1.807) is 4.90 Å². The molecule has 1 saturated heterocycles. The summed E-state index contributed by atoms with van der Waals surface area (Å²) in [4.78, 5) is 38.1. The van der Waals surface area contributed by atoms with Crippen molar-refractivity contribution >= 4 is 28.8 Å². The van der Waals surface area contributed by atoms with Gasteiger partial charge in [0.05, 0.1) is 5.25 Å². The summed E-state index contributed by atoms with van der Waals surface area (Å²) < 4.78 is 6.26. The minimum Gasteiger partial charge on any atom is -0.488 e. The van der Waals surface area contributed by atoms with Crippen molar-refractivity contribution in [3.05, 3.63) is 89.5 Å². The summed E-state index contributed by atoms with van der Waals surface area (Å²) in [7, 11) is 1.87. The second-order valence-corrected chi connectivity index (χ2v) is 11.5. The Kier molecular flexibility index (Phi) is 10.8.